The van der Waals surface area contributed by atoms with Crippen LogP contribution < -0.4 is 5.32 Å². The van der Waals surface area contributed by atoms with E-state index in [1.54, 1.807) is 4.68 Å². The van der Waals surface area contributed by atoms with Gasteiger partial charge >= 0.3 is 0 Å². The van der Waals surface area contributed by atoms with Gasteiger partial charge in [0.05, 0.1) is 18.4 Å². The summed E-state index contributed by atoms with van der Waals surface area (Å²) in [5, 5.41) is 15.5. The predicted octanol–water partition coefficient (Wildman–Crippen LogP) is 2.71. The molecule has 1 aliphatic heterocycles. The molecule has 1 aromatic carbocycles. The molecule has 1 aliphatic rings. The van der Waals surface area contributed by atoms with Crippen molar-refractivity contribution >= 4 is 23.4 Å². The predicted molar refractivity (Wildman–Crippen MR) is 101 cm³/mol. The average molecular weight is 375 g/mol. The van der Waals surface area contributed by atoms with Gasteiger partial charge in [0.1, 0.15) is 0 Å². The smallest absolute Gasteiger partial charge is 0.234 e. The highest BCUT2D eigenvalue weighted by atomic mass is 32.2. The Morgan fingerprint density at radius 2 is 2.12 bits per heavy atom. The summed E-state index contributed by atoms with van der Waals surface area (Å²) in [5.74, 6) is 0.227. The molecule has 2 heterocycles. The lowest BCUT2D eigenvalue weighted by Crippen LogP contribution is -2.19. The zero-order valence-corrected chi connectivity index (χ0v) is 16.1. The second kappa shape index (κ2) is 9.14. The molecule has 2 aromatic rings. The van der Waals surface area contributed by atoms with Gasteiger partial charge in [-0.05, 0) is 47.2 Å². The van der Waals surface area contributed by atoms with Crippen LogP contribution in [0.25, 0.3) is 0 Å². The molecule has 0 saturated carbocycles. The van der Waals surface area contributed by atoms with Gasteiger partial charge in [0, 0.05) is 12.3 Å². The molecule has 26 heavy (non-hydrogen) atoms. The highest BCUT2D eigenvalue weighted by Crippen LogP contribution is 2.24. The Hall–Kier alpha value is -1.93. The first-order valence-corrected chi connectivity index (χ1v) is 10.1. The van der Waals surface area contributed by atoms with E-state index >= 15 is 0 Å². The molecule has 1 unspecified atom stereocenters. The van der Waals surface area contributed by atoms with Crippen LogP contribution in [0.4, 0.5) is 5.69 Å². The highest BCUT2D eigenvalue weighted by molar-refractivity contribution is 7.99. The van der Waals surface area contributed by atoms with E-state index in [0.717, 1.165) is 49.1 Å². The van der Waals surface area contributed by atoms with Crippen molar-refractivity contribution in [2.24, 2.45) is 0 Å². The average Bonchev–Trinajstić information content (AvgIpc) is 3.32. The van der Waals surface area contributed by atoms with Crippen molar-refractivity contribution in [2.45, 2.75) is 57.3 Å². The van der Waals surface area contributed by atoms with E-state index in [1.807, 2.05) is 6.07 Å². The monoisotopic (exact) mass is 375 g/mol. The largest absolute Gasteiger partial charge is 0.376 e. The number of tetrazole rings is 1. The van der Waals surface area contributed by atoms with Gasteiger partial charge in [-0.2, -0.15) is 0 Å². The first-order chi connectivity index (χ1) is 12.7. The number of hydrogen-bond acceptors (Lipinski definition) is 6. The highest BCUT2D eigenvalue weighted by Gasteiger charge is 2.19. The third-order valence-corrected chi connectivity index (χ3v) is 5.45. The van der Waals surface area contributed by atoms with Crippen LogP contribution in [0.1, 0.15) is 37.8 Å². The topological polar surface area (TPSA) is 81.9 Å². The SMILES string of the molecule is CCc1cccc(CC)c1NC(=O)CSc1nnnn1CC1CCCO1. The molecule has 1 saturated heterocycles. The number of carbonyl (C=O) groups is 1. The Labute approximate surface area is 157 Å². The molecular formula is C18H25N5O2S. The molecule has 1 atom stereocenters. The number of anilines is 1. The van der Waals surface area contributed by atoms with Crippen molar-refractivity contribution in [3.05, 3.63) is 29.3 Å². The van der Waals surface area contributed by atoms with Crippen LogP contribution in [0.5, 0.6) is 0 Å². The van der Waals surface area contributed by atoms with Crippen LogP contribution in [0, 0.1) is 0 Å². The van der Waals surface area contributed by atoms with E-state index in [9.17, 15) is 4.79 Å². The van der Waals surface area contributed by atoms with Crippen LogP contribution in [-0.2, 0) is 28.9 Å². The van der Waals surface area contributed by atoms with E-state index in [0.29, 0.717) is 11.7 Å². The number of hydrogen-bond donors (Lipinski definition) is 1. The van der Waals surface area contributed by atoms with Crippen molar-refractivity contribution in [2.75, 3.05) is 17.7 Å². The van der Waals surface area contributed by atoms with Crippen LogP contribution in [-0.4, -0.2) is 44.6 Å². The maximum absolute atomic E-state index is 12.5. The van der Waals surface area contributed by atoms with Crippen LogP contribution in [0.3, 0.4) is 0 Å². The first kappa shape index (κ1) is 18.8. The van der Waals surface area contributed by atoms with Crippen molar-refractivity contribution in [3.8, 4) is 0 Å². The number of benzene rings is 1. The van der Waals surface area contributed by atoms with Crippen molar-refractivity contribution < 1.29 is 9.53 Å². The van der Waals surface area contributed by atoms with Crippen molar-refractivity contribution in [3.63, 3.8) is 0 Å². The minimum atomic E-state index is -0.0442. The van der Waals surface area contributed by atoms with Crippen molar-refractivity contribution in [1.82, 2.24) is 20.2 Å². The van der Waals surface area contributed by atoms with Crippen LogP contribution in [0.15, 0.2) is 23.4 Å². The number of nitrogens with one attached hydrogen (secondary N) is 1. The number of rotatable bonds is 8. The quantitative estimate of drug-likeness (QED) is 0.715. The molecule has 0 radical (unpaired) electrons. The van der Waals surface area contributed by atoms with Crippen LogP contribution in [0.2, 0.25) is 0 Å². The minimum absolute atomic E-state index is 0.0442. The van der Waals surface area contributed by atoms with E-state index < -0.39 is 0 Å². The van der Waals surface area contributed by atoms with Gasteiger partial charge in [-0.3, -0.25) is 4.79 Å². The molecule has 3 rings (SSSR count). The molecule has 1 N–H and O–H groups in total. The van der Waals surface area contributed by atoms with E-state index in [1.165, 1.54) is 11.8 Å². The van der Waals surface area contributed by atoms with Gasteiger partial charge < -0.3 is 10.1 Å². The third-order valence-electron chi connectivity index (χ3n) is 4.50. The number of para-hydroxylation sites is 1. The Bertz CT molecular complexity index is 721. The van der Waals surface area contributed by atoms with Gasteiger partial charge in [-0.15, -0.1) is 5.10 Å². The van der Waals surface area contributed by atoms with Crippen LogP contribution >= 0.6 is 11.8 Å². The Balaban J connectivity index is 1.59. The Morgan fingerprint density at radius 1 is 1.35 bits per heavy atom. The molecule has 0 bridgehead atoms. The summed E-state index contributed by atoms with van der Waals surface area (Å²) in [7, 11) is 0. The summed E-state index contributed by atoms with van der Waals surface area (Å²) >= 11 is 1.35. The standard InChI is InChI=1S/C18H25N5O2S/c1-3-13-7-5-8-14(4-2)17(13)19-16(24)12-26-18-20-21-22-23(18)11-15-9-6-10-25-15/h5,7-8,15H,3-4,6,9-12H2,1-2H3,(H,19,24). The third kappa shape index (κ3) is 4.62. The Kier molecular flexibility index (Phi) is 6.62. The van der Waals surface area contributed by atoms with Gasteiger partial charge in [0.15, 0.2) is 0 Å². The summed E-state index contributed by atoms with van der Waals surface area (Å²) < 4.78 is 7.36. The molecule has 140 valence electrons. The fourth-order valence-corrected chi connectivity index (χ4v) is 3.79. The molecule has 0 spiro atoms. The summed E-state index contributed by atoms with van der Waals surface area (Å²) in [6.07, 6.45) is 4.04. The van der Waals surface area contributed by atoms with E-state index in [4.69, 9.17) is 4.74 Å². The van der Waals surface area contributed by atoms with Gasteiger partial charge in [0.2, 0.25) is 11.1 Å². The van der Waals surface area contributed by atoms with Crippen molar-refractivity contribution in [1.29, 1.82) is 0 Å². The molecule has 0 aliphatic carbocycles. The number of thioether (sulfide) groups is 1. The molecule has 1 aromatic heterocycles. The maximum Gasteiger partial charge on any atom is 0.234 e. The maximum atomic E-state index is 12.5. The molecule has 1 fully saturated rings. The summed E-state index contributed by atoms with van der Waals surface area (Å²) in [4.78, 5) is 12.5. The number of amides is 1. The number of aromatic nitrogens is 4. The lowest BCUT2D eigenvalue weighted by atomic mass is 10.0. The summed E-state index contributed by atoms with van der Waals surface area (Å²) in [6.45, 7) is 5.63. The number of aryl methyl sites for hydroxylation is 2. The number of carbonyl (C=O) groups excluding carboxylic acids is 1. The second-order valence-electron chi connectivity index (χ2n) is 6.27. The second-order valence-corrected chi connectivity index (χ2v) is 7.22. The zero-order chi connectivity index (χ0) is 18.4. The van der Waals surface area contributed by atoms with Gasteiger partial charge in [-0.25, -0.2) is 4.68 Å². The van der Waals surface area contributed by atoms with Gasteiger partial charge in [-0.1, -0.05) is 43.8 Å². The number of nitrogens with zero attached hydrogens (tertiary/aromatic N) is 4. The molecule has 1 amide bonds. The first-order valence-electron chi connectivity index (χ1n) is 9.12. The fourth-order valence-electron chi connectivity index (χ4n) is 3.10. The fraction of sp³-hybridized carbons (Fsp3) is 0.556. The van der Waals surface area contributed by atoms with Gasteiger partial charge in [0.25, 0.3) is 0 Å². The zero-order valence-electron chi connectivity index (χ0n) is 15.3. The minimum Gasteiger partial charge on any atom is -0.376 e. The summed E-state index contributed by atoms with van der Waals surface area (Å²) in [5.41, 5.74) is 3.26. The lowest BCUT2D eigenvalue weighted by Gasteiger charge is -2.14. The molecule has 7 nitrogen and oxygen atoms in total. The summed E-state index contributed by atoms with van der Waals surface area (Å²) in [6, 6.07) is 6.16. The molecular weight excluding hydrogens is 350 g/mol. The normalized spacial score (nSPS) is 16.8. The Morgan fingerprint density at radius 3 is 2.77 bits per heavy atom. The number of ether oxygens (including phenoxy) is 1. The molecule has 8 heteroatoms. The van der Waals surface area contributed by atoms with E-state index in [2.05, 4.69) is 46.8 Å². The van der Waals surface area contributed by atoms with E-state index in [-0.39, 0.29) is 17.8 Å². The lowest BCUT2D eigenvalue weighted by molar-refractivity contribution is -0.113.